The van der Waals surface area contributed by atoms with Crippen LogP contribution in [0.3, 0.4) is 0 Å². The van der Waals surface area contributed by atoms with E-state index >= 15 is 0 Å². The third kappa shape index (κ3) is 5.45. The minimum Gasteiger partial charge on any atom is -0.435 e. The topological polar surface area (TPSA) is 35.5 Å². The van der Waals surface area contributed by atoms with Crippen molar-refractivity contribution in [2.24, 2.45) is 0 Å². The number of carbonyl (C=O) groups is 1. The maximum absolute atomic E-state index is 10.6. The minimum atomic E-state index is -0.613. The van der Waals surface area contributed by atoms with E-state index in [4.69, 9.17) is 4.74 Å². The lowest BCUT2D eigenvalue weighted by atomic mass is 10.4. The molecule has 0 amide bonds. The van der Waals surface area contributed by atoms with Crippen molar-refractivity contribution >= 4 is 6.16 Å². The molecule has 3 heteroatoms. The minimum absolute atomic E-state index is 0.209. The van der Waals surface area contributed by atoms with Crippen molar-refractivity contribution in [2.75, 3.05) is 6.61 Å². The Bertz CT molecular complexity index is 140. The first-order valence-corrected chi connectivity index (χ1v) is 3.67. The van der Waals surface area contributed by atoms with E-state index in [0.717, 1.165) is 0 Å². The summed E-state index contributed by atoms with van der Waals surface area (Å²) in [6.45, 7) is 5.73. The molecule has 0 heterocycles. The Morgan fingerprint density at radius 1 is 1.64 bits per heavy atom. The Morgan fingerprint density at radius 2 is 2.27 bits per heavy atom. The maximum atomic E-state index is 10.6. The number of rotatable bonds is 3. The molecule has 0 unspecified atom stereocenters. The van der Waals surface area contributed by atoms with Crippen molar-refractivity contribution in [1.82, 2.24) is 0 Å². The summed E-state index contributed by atoms with van der Waals surface area (Å²) in [4.78, 5) is 10.6. The summed E-state index contributed by atoms with van der Waals surface area (Å²) in [5, 5.41) is 0. The first-order chi connectivity index (χ1) is 5.20. The molecule has 0 N–H and O–H groups in total. The molecule has 0 bridgehead atoms. The highest BCUT2D eigenvalue weighted by Gasteiger charge is 2.05. The maximum Gasteiger partial charge on any atom is 0.508 e. The van der Waals surface area contributed by atoms with Crippen molar-refractivity contribution in [1.29, 1.82) is 0 Å². The summed E-state index contributed by atoms with van der Waals surface area (Å²) in [5.41, 5.74) is 0. The highest BCUT2D eigenvalue weighted by Crippen LogP contribution is 1.95. The van der Waals surface area contributed by atoms with E-state index in [1.165, 1.54) is 0 Å². The molecule has 0 aromatic carbocycles. The zero-order valence-corrected chi connectivity index (χ0v) is 7.16. The van der Waals surface area contributed by atoms with Gasteiger partial charge in [0, 0.05) is 0 Å². The molecule has 1 atom stereocenters. The predicted octanol–water partition coefficient (Wildman–Crippen LogP) is 2.12. The van der Waals surface area contributed by atoms with Crippen molar-refractivity contribution < 1.29 is 14.3 Å². The number of hydrogen-bond acceptors (Lipinski definition) is 3. The van der Waals surface area contributed by atoms with Gasteiger partial charge in [-0.15, -0.1) is 0 Å². The lowest BCUT2D eigenvalue weighted by Crippen LogP contribution is -2.13. The number of ether oxygens (including phenoxy) is 2. The Kier molecular flexibility index (Phi) is 5.25. The Balaban J connectivity index is 3.57. The monoisotopic (exact) mass is 158 g/mol. The summed E-state index contributed by atoms with van der Waals surface area (Å²) in [6.07, 6.45) is 2.78. The van der Waals surface area contributed by atoms with E-state index in [1.54, 1.807) is 19.9 Å². The molecule has 0 fully saturated rings. The average molecular weight is 158 g/mol. The lowest BCUT2D eigenvalue weighted by Gasteiger charge is -2.07. The van der Waals surface area contributed by atoms with Gasteiger partial charge >= 0.3 is 6.16 Å². The van der Waals surface area contributed by atoms with E-state index in [0.29, 0.717) is 6.61 Å². The molecule has 0 rings (SSSR count). The molecule has 0 spiro atoms. The van der Waals surface area contributed by atoms with Crippen molar-refractivity contribution in [3.05, 3.63) is 12.2 Å². The SMILES string of the molecule is C/C=C\[C@H](C)OC(=O)OCC. The van der Waals surface area contributed by atoms with Gasteiger partial charge in [-0.1, -0.05) is 6.08 Å². The molecule has 0 aliphatic heterocycles. The molecule has 0 saturated carbocycles. The van der Waals surface area contributed by atoms with Gasteiger partial charge in [0.2, 0.25) is 0 Å². The summed E-state index contributed by atoms with van der Waals surface area (Å²) in [6, 6.07) is 0. The van der Waals surface area contributed by atoms with Gasteiger partial charge in [-0.25, -0.2) is 4.79 Å². The van der Waals surface area contributed by atoms with E-state index in [-0.39, 0.29) is 6.10 Å². The summed E-state index contributed by atoms with van der Waals surface area (Å²) in [5.74, 6) is 0. The van der Waals surface area contributed by atoms with Crippen LogP contribution in [0.5, 0.6) is 0 Å². The first kappa shape index (κ1) is 10.0. The zero-order chi connectivity index (χ0) is 8.69. The van der Waals surface area contributed by atoms with Crippen molar-refractivity contribution in [3.63, 3.8) is 0 Å². The standard InChI is InChI=1S/C8H14O3/c1-4-6-7(3)11-8(9)10-5-2/h4,6-7H,5H2,1-3H3/b6-4-/t7-/m0/s1. The Morgan fingerprint density at radius 3 is 2.73 bits per heavy atom. The van der Waals surface area contributed by atoms with Gasteiger partial charge in [-0.3, -0.25) is 0 Å². The largest absolute Gasteiger partial charge is 0.508 e. The Hall–Kier alpha value is -0.990. The van der Waals surface area contributed by atoms with Crippen LogP contribution in [0.25, 0.3) is 0 Å². The molecule has 0 aromatic heterocycles. The highest BCUT2D eigenvalue weighted by molar-refractivity contribution is 5.60. The van der Waals surface area contributed by atoms with Gasteiger partial charge < -0.3 is 9.47 Å². The van der Waals surface area contributed by atoms with Gasteiger partial charge in [0.05, 0.1) is 6.61 Å². The lowest BCUT2D eigenvalue weighted by molar-refractivity contribution is 0.0454. The molecule has 11 heavy (non-hydrogen) atoms. The van der Waals surface area contributed by atoms with Crippen LogP contribution in [0.15, 0.2) is 12.2 Å². The highest BCUT2D eigenvalue weighted by atomic mass is 16.7. The fraction of sp³-hybridized carbons (Fsp3) is 0.625. The van der Waals surface area contributed by atoms with Crippen LogP contribution >= 0.6 is 0 Å². The van der Waals surface area contributed by atoms with Crippen LogP contribution in [0.2, 0.25) is 0 Å². The molecular weight excluding hydrogens is 144 g/mol. The van der Waals surface area contributed by atoms with Crippen LogP contribution in [-0.2, 0) is 9.47 Å². The smallest absolute Gasteiger partial charge is 0.435 e. The van der Waals surface area contributed by atoms with E-state index < -0.39 is 6.16 Å². The van der Waals surface area contributed by atoms with Crippen molar-refractivity contribution in [3.8, 4) is 0 Å². The fourth-order valence-electron chi connectivity index (χ4n) is 0.614. The van der Waals surface area contributed by atoms with Crippen molar-refractivity contribution in [2.45, 2.75) is 26.9 Å². The average Bonchev–Trinajstić information content (AvgIpc) is 1.87. The second kappa shape index (κ2) is 5.77. The third-order valence-electron chi connectivity index (χ3n) is 1.01. The molecule has 0 radical (unpaired) electrons. The summed E-state index contributed by atoms with van der Waals surface area (Å²) < 4.78 is 9.35. The quantitative estimate of drug-likeness (QED) is 0.466. The van der Waals surface area contributed by atoms with Crippen LogP contribution in [-0.4, -0.2) is 18.9 Å². The first-order valence-electron chi connectivity index (χ1n) is 3.67. The van der Waals surface area contributed by atoms with Crippen LogP contribution in [0, 0.1) is 0 Å². The van der Waals surface area contributed by atoms with Crippen LogP contribution < -0.4 is 0 Å². The molecule has 64 valence electrons. The van der Waals surface area contributed by atoms with Gasteiger partial charge in [-0.2, -0.15) is 0 Å². The van der Waals surface area contributed by atoms with Gasteiger partial charge in [0.1, 0.15) is 6.10 Å². The summed E-state index contributed by atoms with van der Waals surface area (Å²) >= 11 is 0. The van der Waals surface area contributed by atoms with E-state index in [1.807, 2.05) is 13.0 Å². The zero-order valence-electron chi connectivity index (χ0n) is 7.16. The second-order valence-corrected chi connectivity index (χ2v) is 2.03. The molecule has 0 saturated heterocycles. The molecule has 0 aliphatic rings. The number of allylic oxidation sites excluding steroid dienone is 1. The number of hydrogen-bond donors (Lipinski definition) is 0. The van der Waals surface area contributed by atoms with Gasteiger partial charge in [-0.05, 0) is 26.8 Å². The normalized spacial score (nSPS) is 13.0. The van der Waals surface area contributed by atoms with E-state index in [2.05, 4.69) is 4.74 Å². The molecule has 0 aliphatic carbocycles. The Labute approximate surface area is 67.0 Å². The predicted molar refractivity (Wildman–Crippen MR) is 42.4 cm³/mol. The van der Waals surface area contributed by atoms with Crippen LogP contribution in [0.1, 0.15) is 20.8 Å². The molecule has 0 aromatic rings. The fourth-order valence-corrected chi connectivity index (χ4v) is 0.614. The van der Waals surface area contributed by atoms with Gasteiger partial charge in [0.15, 0.2) is 0 Å². The van der Waals surface area contributed by atoms with E-state index in [9.17, 15) is 4.79 Å². The molecular formula is C8H14O3. The van der Waals surface area contributed by atoms with Crippen LogP contribution in [0.4, 0.5) is 4.79 Å². The molecule has 3 nitrogen and oxygen atoms in total. The van der Waals surface area contributed by atoms with Gasteiger partial charge in [0.25, 0.3) is 0 Å². The summed E-state index contributed by atoms with van der Waals surface area (Å²) in [7, 11) is 0. The number of carbonyl (C=O) groups excluding carboxylic acids is 1. The second-order valence-electron chi connectivity index (χ2n) is 2.03. The third-order valence-corrected chi connectivity index (χ3v) is 1.01.